The van der Waals surface area contributed by atoms with Crippen molar-refractivity contribution in [2.45, 2.75) is 44.2 Å². The molecule has 30 heavy (non-hydrogen) atoms. The Morgan fingerprint density at radius 2 is 1.90 bits per heavy atom. The number of nitrogens with one attached hydrogen (secondary N) is 4. The molecule has 0 radical (unpaired) electrons. The predicted molar refractivity (Wildman–Crippen MR) is 114 cm³/mol. The molecule has 9 nitrogen and oxygen atoms in total. The Bertz CT molecular complexity index is 845. The van der Waals surface area contributed by atoms with E-state index < -0.39 is 11.9 Å². The summed E-state index contributed by atoms with van der Waals surface area (Å²) in [7, 11) is 0. The van der Waals surface area contributed by atoms with Crippen molar-refractivity contribution in [2.24, 2.45) is 5.73 Å². The molecular weight excluding hydrogens is 384 g/mol. The van der Waals surface area contributed by atoms with E-state index in [-0.39, 0.29) is 23.8 Å². The Morgan fingerprint density at radius 1 is 1.17 bits per heavy atom. The fourth-order valence-corrected chi connectivity index (χ4v) is 3.60. The number of amides is 3. The van der Waals surface area contributed by atoms with Crippen molar-refractivity contribution >= 4 is 29.4 Å². The lowest BCUT2D eigenvalue weighted by Crippen LogP contribution is -2.53. The molecule has 0 aliphatic carbocycles. The van der Waals surface area contributed by atoms with Gasteiger partial charge in [0, 0.05) is 25.6 Å². The average Bonchev–Trinajstić information content (AvgIpc) is 2.72. The summed E-state index contributed by atoms with van der Waals surface area (Å²) < 4.78 is 0. The number of allylic oxidation sites excluding steroid dienone is 1. The van der Waals surface area contributed by atoms with Gasteiger partial charge in [0.05, 0.1) is 11.3 Å². The van der Waals surface area contributed by atoms with Gasteiger partial charge in [-0.2, -0.15) is 0 Å². The minimum atomic E-state index is -0.720. The van der Waals surface area contributed by atoms with Crippen LogP contribution in [0.5, 0.6) is 0 Å². The van der Waals surface area contributed by atoms with Crippen LogP contribution in [0.15, 0.2) is 36.4 Å². The molecule has 160 valence electrons. The zero-order valence-electron chi connectivity index (χ0n) is 16.8. The Kier molecular flexibility index (Phi) is 7.05. The van der Waals surface area contributed by atoms with Crippen LogP contribution in [-0.4, -0.2) is 53.8 Å². The molecule has 1 saturated heterocycles. The Labute approximate surface area is 175 Å². The monoisotopic (exact) mass is 412 g/mol. The molecule has 0 bridgehead atoms. The average molecular weight is 412 g/mol. The van der Waals surface area contributed by atoms with Crippen LogP contribution in [0.3, 0.4) is 0 Å². The van der Waals surface area contributed by atoms with Crippen molar-refractivity contribution in [1.82, 2.24) is 15.5 Å². The van der Waals surface area contributed by atoms with E-state index in [9.17, 15) is 14.4 Å². The first-order valence-electron chi connectivity index (χ1n) is 10.2. The predicted octanol–water partition coefficient (Wildman–Crippen LogP) is 0.938. The number of carbonyl (C=O) groups is 3. The van der Waals surface area contributed by atoms with Gasteiger partial charge >= 0.3 is 0 Å². The Hall–Kier alpha value is -3.36. The first-order valence-corrected chi connectivity index (χ1v) is 10.2. The van der Waals surface area contributed by atoms with Gasteiger partial charge in [-0.3, -0.25) is 19.8 Å². The van der Waals surface area contributed by atoms with Crippen LogP contribution < -0.4 is 21.7 Å². The van der Waals surface area contributed by atoms with E-state index in [0.717, 1.165) is 0 Å². The van der Waals surface area contributed by atoms with Gasteiger partial charge in [-0.05, 0) is 37.8 Å². The first kappa shape index (κ1) is 21.4. The number of likely N-dealkylation sites (tertiary alicyclic amines) is 1. The molecule has 0 aromatic heterocycles. The number of carbonyl (C=O) groups excluding carboxylic acids is 3. The van der Waals surface area contributed by atoms with E-state index in [2.05, 4.69) is 16.0 Å². The molecule has 2 heterocycles. The van der Waals surface area contributed by atoms with Gasteiger partial charge in [0.1, 0.15) is 6.04 Å². The second-order valence-electron chi connectivity index (χ2n) is 7.52. The van der Waals surface area contributed by atoms with E-state index in [4.69, 9.17) is 11.1 Å². The number of anilines is 1. The van der Waals surface area contributed by atoms with E-state index in [0.29, 0.717) is 56.4 Å². The van der Waals surface area contributed by atoms with Crippen LogP contribution in [0.1, 0.15) is 42.5 Å². The third kappa shape index (κ3) is 5.59. The van der Waals surface area contributed by atoms with Crippen LogP contribution in [0.25, 0.3) is 0 Å². The summed E-state index contributed by atoms with van der Waals surface area (Å²) in [5.41, 5.74) is 6.27. The zero-order chi connectivity index (χ0) is 21.5. The number of hydrogen-bond donors (Lipinski definition) is 5. The lowest BCUT2D eigenvalue weighted by molar-refractivity contribution is -0.124. The number of piperidine rings is 1. The second-order valence-corrected chi connectivity index (χ2v) is 7.52. The minimum absolute atomic E-state index is 0.0260. The highest BCUT2D eigenvalue weighted by Crippen LogP contribution is 2.17. The molecule has 3 rings (SSSR count). The maximum Gasteiger partial charge on any atom is 0.254 e. The lowest BCUT2D eigenvalue weighted by atomic mass is 10.0. The van der Waals surface area contributed by atoms with E-state index in [1.54, 1.807) is 29.2 Å². The SMILES string of the molecule is N=C(N)N1CCC(NC(=O)[C@H]2C/C=C\CCC(=O)Nc3ccccc3C(=O)N2)CC1. The highest BCUT2D eigenvalue weighted by Gasteiger charge is 2.26. The molecule has 6 N–H and O–H groups in total. The standard InChI is InChI=1S/C21H28N6O3/c22-21(23)27-12-10-14(11-13-27)24-20(30)17-8-2-1-3-9-18(28)25-16-7-5-4-6-15(16)19(29)26-17/h1-2,4-7,14,17H,3,8-13H2,(H3,22,23)(H,24,30)(H,25,28)(H,26,29)/b2-1-/t17-/m1/s1. The number of guanidine groups is 1. The van der Waals surface area contributed by atoms with Crippen LogP contribution in [0.2, 0.25) is 0 Å². The molecule has 1 aromatic rings. The summed E-state index contributed by atoms with van der Waals surface area (Å²) >= 11 is 0. The molecule has 1 aromatic carbocycles. The van der Waals surface area contributed by atoms with Crippen LogP contribution >= 0.6 is 0 Å². The second kappa shape index (κ2) is 9.91. The first-order chi connectivity index (χ1) is 14.4. The van der Waals surface area contributed by atoms with Crippen LogP contribution in [0, 0.1) is 5.41 Å². The molecule has 1 atom stereocenters. The molecule has 0 unspecified atom stereocenters. The van der Waals surface area contributed by atoms with Crippen molar-refractivity contribution in [3.05, 3.63) is 42.0 Å². The van der Waals surface area contributed by atoms with Crippen molar-refractivity contribution in [3.8, 4) is 0 Å². The number of fused-ring (bicyclic) bond motifs is 1. The molecule has 0 spiro atoms. The van der Waals surface area contributed by atoms with Crippen molar-refractivity contribution in [2.75, 3.05) is 18.4 Å². The van der Waals surface area contributed by atoms with Gasteiger partial charge in [-0.15, -0.1) is 0 Å². The topological polar surface area (TPSA) is 140 Å². The summed E-state index contributed by atoms with van der Waals surface area (Å²) in [4.78, 5) is 39.6. The fourth-order valence-electron chi connectivity index (χ4n) is 3.60. The van der Waals surface area contributed by atoms with Gasteiger partial charge in [-0.1, -0.05) is 24.3 Å². The minimum Gasteiger partial charge on any atom is -0.370 e. The number of para-hydroxylation sites is 1. The quantitative estimate of drug-likeness (QED) is 0.279. The number of nitrogens with zero attached hydrogens (tertiary/aromatic N) is 1. The van der Waals surface area contributed by atoms with Crippen molar-refractivity contribution < 1.29 is 14.4 Å². The van der Waals surface area contributed by atoms with Gasteiger partial charge in [0.15, 0.2) is 5.96 Å². The molecule has 2 aliphatic rings. The van der Waals surface area contributed by atoms with Crippen LogP contribution in [0.4, 0.5) is 5.69 Å². The number of rotatable bonds is 2. The fraction of sp³-hybridized carbons (Fsp3) is 0.429. The number of nitrogens with two attached hydrogens (primary N) is 1. The summed E-state index contributed by atoms with van der Waals surface area (Å²) in [6.07, 6.45) is 6.26. The maximum atomic E-state index is 12.9. The maximum absolute atomic E-state index is 12.9. The smallest absolute Gasteiger partial charge is 0.254 e. The molecule has 9 heteroatoms. The molecular formula is C21H28N6O3. The van der Waals surface area contributed by atoms with E-state index >= 15 is 0 Å². The Balaban J connectivity index is 1.70. The zero-order valence-corrected chi connectivity index (χ0v) is 16.8. The molecule has 3 amide bonds. The highest BCUT2D eigenvalue weighted by atomic mass is 16.2. The van der Waals surface area contributed by atoms with Crippen LogP contribution in [-0.2, 0) is 9.59 Å². The molecule has 0 saturated carbocycles. The summed E-state index contributed by atoms with van der Waals surface area (Å²) in [6, 6.07) is 6.01. The lowest BCUT2D eigenvalue weighted by Gasteiger charge is -2.33. The van der Waals surface area contributed by atoms with Crippen molar-refractivity contribution in [3.63, 3.8) is 0 Å². The normalized spacial score (nSPS) is 21.9. The molecule has 1 fully saturated rings. The Morgan fingerprint density at radius 3 is 2.63 bits per heavy atom. The number of benzene rings is 1. The largest absolute Gasteiger partial charge is 0.370 e. The molecule has 2 aliphatic heterocycles. The van der Waals surface area contributed by atoms with Gasteiger partial charge in [0.25, 0.3) is 5.91 Å². The van der Waals surface area contributed by atoms with Gasteiger partial charge in [-0.25, -0.2) is 0 Å². The highest BCUT2D eigenvalue weighted by molar-refractivity contribution is 6.05. The van der Waals surface area contributed by atoms with Crippen molar-refractivity contribution in [1.29, 1.82) is 5.41 Å². The third-order valence-corrected chi connectivity index (χ3v) is 5.33. The summed E-state index contributed by atoms with van der Waals surface area (Å²) in [6.45, 7) is 1.23. The van der Waals surface area contributed by atoms with E-state index in [1.165, 1.54) is 0 Å². The summed E-state index contributed by atoms with van der Waals surface area (Å²) in [5, 5.41) is 16.1. The van der Waals surface area contributed by atoms with Gasteiger partial charge < -0.3 is 26.6 Å². The van der Waals surface area contributed by atoms with E-state index in [1.807, 2.05) is 12.2 Å². The third-order valence-electron chi connectivity index (χ3n) is 5.33. The van der Waals surface area contributed by atoms with Gasteiger partial charge in [0.2, 0.25) is 11.8 Å². The number of hydrogen-bond acceptors (Lipinski definition) is 4. The summed E-state index contributed by atoms with van der Waals surface area (Å²) in [5.74, 6) is -0.770.